The third-order valence-corrected chi connectivity index (χ3v) is 8.26. The first kappa shape index (κ1) is 24.5. The van der Waals surface area contributed by atoms with E-state index in [1.165, 1.54) is 5.39 Å². The van der Waals surface area contributed by atoms with Gasteiger partial charge >= 0.3 is 0 Å². The van der Waals surface area contributed by atoms with Crippen molar-refractivity contribution in [1.82, 2.24) is 19.5 Å². The summed E-state index contributed by atoms with van der Waals surface area (Å²) in [5.74, 6) is 1.84. The van der Waals surface area contributed by atoms with E-state index >= 15 is 0 Å². The van der Waals surface area contributed by atoms with Crippen molar-refractivity contribution in [2.24, 2.45) is 0 Å². The van der Waals surface area contributed by atoms with Gasteiger partial charge in [-0.05, 0) is 36.4 Å². The predicted octanol–water partition coefficient (Wildman–Crippen LogP) is 9.87. The van der Waals surface area contributed by atoms with Crippen LogP contribution >= 0.6 is 0 Å². The van der Waals surface area contributed by atoms with Gasteiger partial charge in [-0.15, -0.1) is 0 Å². The average Bonchev–Trinajstić information content (AvgIpc) is 3.65. The summed E-state index contributed by atoms with van der Waals surface area (Å²) in [6, 6.07) is 49.7. The van der Waals surface area contributed by atoms with Gasteiger partial charge in [0.25, 0.3) is 0 Å². The van der Waals surface area contributed by atoms with Crippen molar-refractivity contribution >= 4 is 43.7 Å². The smallest absolute Gasteiger partial charge is 0.166 e. The van der Waals surface area contributed by atoms with E-state index in [-0.39, 0.29) is 0 Å². The van der Waals surface area contributed by atoms with Crippen molar-refractivity contribution in [3.05, 3.63) is 146 Å². The summed E-state index contributed by atoms with van der Waals surface area (Å²) >= 11 is 0. The molecule has 0 saturated heterocycles. The Bertz CT molecular complexity index is 2490. The molecule has 9 aromatic rings. The fourth-order valence-electron chi connectivity index (χ4n) is 6.34. The van der Waals surface area contributed by atoms with Crippen LogP contribution in [0, 0.1) is 0 Å². The molecular weight excluding hydrogens is 540 g/mol. The molecule has 0 spiro atoms. The first-order valence-corrected chi connectivity index (χ1v) is 14.6. The quantitative estimate of drug-likeness (QED) is 0.213. The monoisotopic (exact) mass is 564 g/mol. The first-order valence-electron chi connectivity index (χ1n) is 14.6. The highest BCUT2D eigenvalue weighted by Crippen LogP contribution is 2.39. The van der Waals surface area contributed by atoms with Crippen LogP contribution in [-0.4, -0.2) is 19.5 Å². The van der Waals surface area contributed by atoms with Gasteiger partial charge in [0.1, 0.15) is 11.2 Å². The minimum absolute atomic E-state index is 0.602. The molecular formula is C39H24N4O. The van der Waals surface area contributed by atoms with E-state index in [2.05, 4.69) is 83.4 Å². The van der Waals surface area contributed by atoms with Gasteiger partial charge in [0.15, 0.2) is 17.5 Å². The number of rotatable bonds is 4. The van der Waals surface area contributed by atoms with Crippen LogP contribution in [0.1, 0.15) is 0 Å². The van der Waals surface area contributed by atoms with E-state index in [1.807, 2.05) is 66.7 Å². The van der Waals surface area contributed by atoms with Gasteiger partial charge in [0.2, 0.25) is 0 Å². The Labute approximate surface area is 252 Å². The zero-order chi connectivity index (χ0) is 29.0. The Morgan fingerprint density at radius 3 is 1.86 bits per heavy atom. The number of hydrogen-bond acceptors (Lipinski definition) is 4. The first-order chi connectivity index (χ1) is 21.8. The zero-order valence-electron chi connectivity index (χ0n) is 23.6. The highest BCUT2D eigenvalue weighted by molar-refractivity contribution is 6.14. The van der Waals surface area contributed by atoms with Crippen molar-refractivity contribution < 1.29 is 4.42 Å². The molecule has 0 amide bonds. The van der Waals surface area contributed by atoms with Crippen molar-refractivity contribution in [3.63, 3.8) is 0 Å². The molecule has 3 heterocycles. The highest BCUT2D eigenvalue weighted by atomic mass is 16.3. The Kier molecular flexibility index (Phi) is 5.43. The minimum atomic E-state index is 0.602. The summed E-state index contributed by atoms with van der Waals surface area (Å²) < 4.78 is 8.54. The molecule has 0 aliphatic rings. The van der Waals surface area contributed by atoms with Crippen LogP contribution in [0.15, 0.2) is 150 Å². The molecule has 44 heavy (non-hydrogen) atoms. The van der Waals surface area contributed by atoms with Crippen LogP contribution in [0.25, 0.3) is 83.6 Å². The van der Waals surface area contributed by atoms with E-state index in [0.717, 1.165) is 60.7 Å². The van der Waals surface area contributed by atoms with E-state index in [1.54, 1.807) is 0 Å². The molecule has 0 N–H and O–H groups in total. The van der Waals surface area contributed by atoms with Crippen LogP contribution in [0.3, 0.4) is 0 Å². The second-order valence-electron chi connectivity index (χ2n) is 10.8. The number of furan rings is 1. The number of para-hydroxylation sites is 4. The van der Waals surface area contributed by atoms with E-state index in [0.29, 0.717) is 17.5 Å². The molecule has 6 aromatic carbocycles. The fraction of sp³-hybridized carbons (Fsp3) is 0. The second-order valence-corrected chi connectivity index (χ2v) is 10.8. The van der Waals surface area contributed by atoms with Gasteiger partial charge in [0, 0.05) is 43.9 Å². The molecule has 0 bridgehead atoms. The molecule has 0 atom stereocenters. The van der Waals surface area contributed by atoms with Crippen LogP contribution in [0.4, 0.5) is 0 Å². The van der Waals surface area contributed by atoms with E-state index in [4.69, 9.17) is 19.4 Å². The standard InChI is InChI=1S/C39H24N4O/c1-3-13-25(14-4-1)37-40-38(30-20-12-24-34-35(30)29-18-8-10-23-33(29)44-34)42-39(41-37)31-21-11-19-28-27-17-7-9-22-32(27)43(36(28)31)26-15-5-2-6-16-26/h1-24H. The van der Waals surface area contributed by atoms with Gasteiger partial charge in [0.05, 0.1) is 11.0 Å². The van der Waals surface area contributed by atoms with Crippen molar-refractivity contribution in [2.45, 2.75) is 0 Å². The number of nitrogens with zero attached hydrogens (tertiary/aromatic N) is 4. The molecule has 0 fully saturated rings. The SMILES string of the molecule is c1ccc(-c2nc(-c3cccc4oc5ccccc5c34)nc(-c3cccc4c5ccccc5n(-c5ccccc5)c34)n2)cc1. The maximum absolute atomic E-state index is 6.23. The normalized spacial score (nSPS) is 11.6. The maximum Gasteiger partial charge on any atom is 0.166 e. The van der Waals surface area contributed by atoms with Crippen LogP contribution in [0.2, 0.25) is 0 Å². The van der Waals surface area contributed by atoms with Crippen LogP contribution in [-0.2, 0) is 0 Å². The van der Waals surface area contributed by atoms with Gasteiger partial charge < -0.3 is 8.98 Å². The van der Waals surface area contributed by atoms with E-state index < -0.39 is 0 Å². The number of aromatic nitrogens is 4. The molecule has 3 aromatic heterocycles. The summed E-state index contributed by atoms with van der Waals surface area (Å²) in [5, 5.41) is 4.36. The molecule has 0 aliphatic carbocycles. The summed E-state index contributed by atoms with van der Waals surface area (Å²) in [5.41, 5.74) is 7.69. The Morgan fingerprint density at radius 1 is 0.432 bits per heavy atom. The van der Waals surface area contributed by atoms with Crippen LogP contribution < -0.4 is 0 Å². The predicted molar refractivity (Wildman–Crippen MR) is 178 cm³/mol. The molecule has 0 unspecified atom stereocenters. The summed E-state index contributed by atoms with van der Waals surface area (Å²) in [7, 11) is 0. The molecule has 0 aliphatic heterocycles. The van der Waals surface area contributed by atoms with Crippen LogP contribution in [0.5, 0.6) is 0 Å². The molecule has 0 radical (unpaired) electrons. The Balaban J connectivity index is 1.38. The molecule has 5 nitrogen and oxygen atoms in total. The fourth-order valence-corrected chi connectivity index (χ4v) is 6.34. The lowest BCUT2D eigenvalue weighted by atomic mass is 10.0. The topological polar surface area (TPSA) is 56.7 Å². The van der Waals surface area contributed by atoms with Crippen molar-refractivity contribution in [1.29, 1.82) is 0 Å². The number of hydrogen-bond donors (Lipinski definition) is 0. The average molecular weight is 565 g/mol. The Hall–Kier alpha value is -6.07. The third kappa shape index (κ3) is 3.76. The van der Waals surface area contributed by atoms with Crippen molar-refractivity contribution in [2.75, 3.05) is 0 Å². The molecule has 5 heteroatoms. The highest BCUT2D eigenvalue weighted by Gasteiger charge is 2.21. The maximum atomic E-state index is 6.23. The summed E-state index contributed by atoms with van der Waals surface area (Å²) in [4.78, 5) is 15.4. The second kappa shape index (κ2) is 9.75. The lowest BCUT2D eigenvalue weighted by Gasteiger charge is -2.13. The largest absolute Gasteiger partial charge is 0.456 e. The number of benzene rings is 6. The van der Waals surface area contributed by atoms with Gasteiger partial charge in [-0.1, -0.05) is 109 Å². The molecule has 0 saturated carbocycles. The van der Waals surface area contributed by atoms with Gasteiger partial charge in [-0.3, -0.25) is 0 Å². The van der Waals surface area contributed by atoms with E-state index in [9.17, 15) is 0 Å². The Morgan fingerprint density at radius 2 is 1.02 bits per heavy atom. The number of fused-ring (bicyclic) bond motifs is 6. The van der Waals surface area contributed by atoms with Gasteiger partial charge in [-0.25, -0.2) is 15.0 Å². The summed E-state index contributed by atoms with van der Waals surface area (Å²) in [6.45, 7) is 0. The van der Waals surface area contributed by atoms with Gasteiger partial charge in [-0.2, -0.15) is 0 Å². The minimum Gasteiger partial charge on any atom is -0.456 e. The summed E-state index contributed by atoms with van der Waals surface area (Å²) in [6.07, 6.45) is 0. The lowest BCUT2D eigenvalue weighted by Crippen LogP contribution is -2.02. The van der Waals surface area contributed by atoms with Crippen molar-refractivity contribution in [3.8, 4) is 39.9 Å². The zero-order valence-corrected chi connectivity index (χ0v) is 23.6. The molecule has 206 valence electrons. The lowest BCUT2D eigenvalue weighted by molar-refractivity contribution is 0.669. The third-order valence-electron chi connectivity index (χ3n) is 8.26. The molecule has 9 rings (SSSR count).